The van der Waals surface area contributed by atoms with Gasteiger partial charge in [-0.3, -0.25) is 9.59 Å². The Kier molecular flexibility index (Phi) is 5.22. The molecule has 0 saturated carbocycles. The van der Waals surface area contributed by atoms with Crippen molar-refractivity contribution in [3.05, 3.63) is 35.4 Å². The monoisotopic (exact) mass is 252 g/mol. The lowest BCUT2D eigenvalue weighted by atomic mass is 10.1. The number of carbonyl (C=O) groups excluding carboxylic acids is 2. The van der Waals surface area contributed by atoms with Crippen molar-refractivity contribution < 1.29 is 14.3 Å². The first-order valence-electron chi connectivity index (χ1n) is 5.47. The Balaban J connectivity index is 2.59. The van der Waals surface area contributed by atoms with Crippen molar-refractivity contribution in [3.63, 3.8) is 0 Å². The molecule has 0 bridgehead atoms. The molecule has 1 unspecified atom stereocenters. The topological polar surface area (TPSA) is 43.4 Å². The fourth-order valence-electron chi connectivity index (χ4n) is 1.36. The molecule has 0 amide bonds. The van der Waals surface area contributed by atoms with E-state index in [1.165, 1.54) is 0 Å². The van der Waals surface area contributed by atoms with Gasteiger partial charge in [0.15, 0.2) is 11.0 Å². The molecule has 0 N–H and O–H groups in total. The van der Waals surface area contributed by atoms with E-state index in [0.717, 1.165) is 11.1 Å². The zero-order valence-electron chi connectivity index (χ0n) is 9.97. The van der Waals surface area contributed by atoms with E-state index >= 15 is 0 Å². The van der Waals surface area contributed by atoms with Gasteiger partial charge in [-0.15, -0.1) is 0 Å². The van der Waals surface area contributed by atoms with Crippen LogP contribution in [0.15, 0.2) is 24.3 Å². The highest BCUT2D eigenvalue weighted by Crippen LogP contribution is 2.09. The van der Waals surface area contributed by atoms with Crippen LogP contribution in [0.4, 0.5) is 0 Å². The van der Waals surface area contributed by atoms with Gasteiger partial charge in [0.05, 0.1) is 6.61 Å². The van der Waals surface area contributed by atoms with Crippen molar-refractivity contribution in [1.29, 1.82) is 0 Å². The van der Waals surface area contributed by atoms with E-state index in [9.17, 15) is 9.59 Å². The number of ether oxygens (including phenoxy) is 1. The van der Waals surface area contributed by atoms with Gasteiger partial charge < -0.3 is 4.74 Å². The lowest BCUT2D eigenvalue weighted by Gasteiger charge is -2.08. The summed E-state index contributed by atoms with van der Waals surface area (Å²) in [5, 5.41) is -0.990. The highest BCUT2D eigenvalue weighted by molar-refractivity contribution is 7.82. The molecule has 0 aliphatic rings. The molecule has 0 radical (unpaired) electrons. The van der Waals surface area contributed by atoms with Crippen LogP contribution in [0.3, 0.4) is 0 Å². The third-order valence-corrected chi connectivity index (χ3v) is 2.81. The fourth-order valence-corrected chi connectivity index (χ4v) is 1.52. The number of ketones is 1. The van der Waals surface area contributed by atoms with Crippen LogP contribution in [0.5, 0.6) is 0 Å². The lowest BCUT2D eigenvalue weighted by Crippen LogP contribution is -2.28. The van der Waals surface area contributed by atoms with Gasteiger partial charge in [0, 0.05) is 6.42 Å². The summed E-state index contributed by atoms with van der Waals surface area (Å²) in [6.07, 6.45) is 0.202. The smallest absolute Gasteiger partial charge is 0.326 e. The number of esters is 1. The number of aryl methyl sites for hydroxylation is 1. The molecule has 17 heavy (non-hydrogen) atoms. The summed E-state index contributed by atoms with van der Waals surface area (Å²) in [6, 6.07) is 7.61. The average molecular weight is 252 g/mol. The van der Waals surface area contributed by atoms with Crippen LogP contribution in [-0.2, 0) is 20.7 Å². The molecular weight excluding hydrogens is 236 g/mol. The number of benzene rings is 1. The van der Waals surface area contributed by atoms with Crippen LogP contribution in [0.2, 0.25) is 0 Å². The quantitative estimate of drug-likeness (QED) is 0.495. The van der Waals surface area contributed by atoms with E-state index in [1.807, 2.05) is 31.2 Å². The van der Waals surface area contributed by atoms with Crippen molar-refractivity contribution in [2.45, 2.75) is 25.5 Å². The van der Waals surface area contributed by atoms with Gasteiger partial charge >= 0.3 is 5.97 Å². The van der Waals surface area contributed by atoms with E-state index in [1.54, 1.807) is 6.92 Å². The second kappa shape index (κ2) is 6.45. The van der Waals surface area contributed by atoms with Gasteiger partial charge in [-0.05, 0) is 19.4 Å². The molecule has 1 aromatic rings. The van der Waals surface area contributed by atoms with Crippen LogP contribution in [0, 0.1) is 6.92 Å². The molecule has 0 aliphatic carbocycles. The van der Waals surface area contributed by atoms with E-state index in [2.05, 4.69) is 12.6 Å². The fraction of sp³-hybridized carbons (Fsp3) is 0.385. The van der Waals surface area contributed by atoms with E-state index in [4.69, 9.17) is 4.74 Å². The minimum absolute atomic E-state index is 0.202. The average Bonchev–Trinajstić information content (AvgIpc) is 2.31. The predicted octanol–water partition coefficient (Wildman–Crippen LogP) is 1.97. The summed E-state index contributed by atoms with van der Waals surface area (Å²) >= 11 is 3.98. The Morgan fingerprint density at radius 3 is 2.41 bits per heavy atom. The van der Waals surface area contributed by atoms with E-state index < -0.39 is 11.2 Å². The van der Waals surface area contributed by atoms with Crippen LogP contribution in [-0.4, -0.2) is 23.6 Å². The lowest BCUT2D eigenvalue weighted by molar-refractivity contribution is -0.144. The Labute approximate surface area is 107 Å². The Morgan fingerprint density at radius 2 is 1.88 bits per heavy atom. The molecule has 0 spiro atoms. The maximum Gasteiger partial charge on any atom is 0.326 e. The molecule has 0 saturated heterocycles. The summed E-state index contributed by atoms with van der Waals surface area (Å²) < 4.78 is 4.75. The molecule has 92 valence electrons. The van der Waals surface area contributed by atoms with E-state index in [-0.39, 0.29) is 18.8 Å². The first-order chi connectivity index (χ1) is 8.04. The second-order valence-corrected chi connectivity index (χ2v) is 4.30. The second-order valence-electron chi connectivity index (χ2n) is 3.78. The molecule has 4 heteroatoms. The number of hydrogen-bond donors (Lipinski definition) is 1. The molecule has 0 fully saturated rings. The highest BCUT2D eigenvalue weighted by Gasteiger charge is 2.23. The zero-order valence-corrected chi connectivity index (χ0v) is 10.9. The van der Waals surface area contributed by atoms with Crippen LogP contribution in [0.1, 0.15) is 18.1 Å². The number of rotatable bonds is 5. The Morgan fingerprint density at radius 1 is 1.29 bits per heavy atom. The summed E-state index contributed by atoms with van der Waals surface area (Å²) in [7, 11) is 0. The summed E-state index contributed by atoms with van der Waals surface area (Å²) in [5.74, 6) is -0.816. The Hall–Kier alpha value is -1.29. The standard InChI is InChI=1S/C13H16O3S/c1-3-16-13(15)12(17)11(14)8-10-6-4-9(2)5-7-10/h4-7,12,17H,3,8H2,1-2H3. The van der Waals surface area contributed by atoms with Crippen LogP contribution >= 0.6 is 12.6 Å². The number of hydrogen-bond acceptors (Lipinski definition) is 4. The van der Waals surface area contributed by atoms with Gasteiger partial charge in [0.1, 0.15) is 0 Å². The summed E-state index contributed by atoms with van der Waals surface area (Å²) in [5.41, 5.74) is 2.01. The molecule has 1 aromatic carbocycles. The van der Waals surface area contributed by atoms with Gasteiger partial charge in [0.2, 0.25) is 0 Å². The maximum atomic E-state index is 11.7. The first kappa shape index (κ1) is 13.8. The normalized spacial score (nSPS) is 11.9. The predicted molar refractivity (Wildman–Crippen MR) is 69.3 cm³/mol. The molecule has 0 aromatic heterocycles. The summed E-state index contributed by atoms with van der Waals surface area (Å²) in [4.78, 5) is 23.0. The van der Waals surface area contributed by atoms with Crippen LogP contribution in [0.25, 0.3) is 0 Å². The van der Waals surface area contributed by atoms with Gasteiger partial charge in [0.25, 0.3) is 0 Å². The highest BCUT2D eigenvalue weighted by atomic mass is 32.1. The molecule has 0 heterocycles. The van der Waals surface area contributed by atoms with Gasteiger partial charge in [-0.2, -0.15) is 12.6 Å². The van der Waals surface area contributed by atoms with E-state index in [0.29, 0.717) is 0 Å². The van der Waals surface area contributed by atoms with Crippen molar-refractivity contribution in [2.75, 3.05) is 6.61 Å². The van der Waals surface area contributed by atoms with Crippen molar-refractivity contribution in [3.8, 4) is 0 Å². The SMILES string of the molecule is CCOC(=O)C(S)C(=O)Cc1ccc(C)cc1. The number of carbonyl (C=O) groups is 2. The molecule has 1 atom stereocenters. The molecule has 3 nitrogen and oxygen atoms in total. The third kappa shape index (κ3) is 4.23. The van der Waals surface area contributed by atoms with Crippen molar-refractivity contribution in [2.24, 2.45) is 0 Å². The third-order valence-electron chi connectivity index (χ3n) is 2.31. The molecule has 1 rings (SSSR count). The number of thiol groups is 1. The van der Waals surface area contributed by atoms with Gasteiger partial charge in [-0.25, -0.2) is 0 Å². The number of Topliss-reactive ketones (excluding diaryl/α,β-unsaturated/α-hetero) is 1. The largest absolute Gasteiger partial charge is 0.465 e. The van der Waals surface area contributed by atoms with Gasteiger partial charge in [-0.1, -0.05) is 29.8 Å². The Bertz CT molecular complexity index is 398. The van der Waals surface area contributed by atoms with Crippen molar-refractivity contribution in [1.82, 2.24) is 0 Å². The summed E-state index contributed by atoms with van der Waals surface area (Å²) in [6.45, 7) is 3.93. The van der Waals surface area contributed by atoms with Crippen LogP contribution < -0.4 is 0 Å². The minimum Gasteiger partial charge on any atom is -0.465 e. The maximum absolute atomic E-state index is 11.7. The zero-order chi connectivity index (χ0) is 12.8. The first-order valence-corrected chi connectivity index (χ1v) is 5.99. The molecule has 0 aliphatic heterocycles. The molecular formula is C13H16O3S. The van der Waals surface area contributed by atoms with Crippen molar-refractivity contribution >= 4 is 24.4 Å². The minimum atomic E-state index is -0.990.